The molecule has 0 aromatic carbocycles. The molecule has 0 aromatic heterocycles. The molecule has 0 heterocycles. The summed E-state index contributed by atoms with van der Waals surface area (Å²) in [4.78, 5) is 9.68. The zero-order chi connectivity index (χ0) is 6.69. The van der Waals surface area contributed by atoms with Gasteiger partial charge in [-0.05, 0) is 18.8 Å². The van der Waals surface area contributed by atoms with Crippen molar-refractivity contribution >= 4 is 6.47 Å². The third-order valence-electron chi connectivity index (χ3n) is 1.67. The number of hydrogen-bond donors (Lipinski definition) is 1. The molecule has 2 N–H and O–H groups in total. The van der Waals surface area contributed by atoms with Crippen LogP contribution in [-0.4, -0.2) is 19.1 Å². The molecule has 3 heteroatoms. The molecule has 0 unspecified atom stereocenters. The summed E-state index contributed by atoms with van der Waals surface area (Å²) in [6.07, 6.45) is 2.02. The maximum atomic E-state index is 9.68. The molecular formula is C6H11NO2. The van der Waals surface area contributed by atoms with Gasteiger partial charge in [0, 0.05) is 6.04 Å². The zero-order valence-corrected chi connectivity index (χ0v) is 5.25. The van der Waals surface area contributed by atoms with E-state index in [0.29, 0.717) is 25.0 Å². The lowest BCUT2D eigenvalue weighted by atomic mass is 9.82. The zero-order valence-electron chi connectivity index (χ0n) is 5.25. The minimum Gasteiger partial charge on any atom is -0.468 e. The third-order valence-corrected chi connectivity index (χ3v) is 1.67. The van der Waals surface area contributed by atoms with Crippen LogP contribution in [0.3, 0.4) is 0 Å². The van der Waals surface area contributed by atoms with E-state index in [4.69, 9.17) is 5.73 Å². The normalized spacial score (nSPS) is 33.0. The molecule has 1 aliphatic rings. The Hall–Kier alpha value is -0.570. The van der Waals surface area contributed by atoms with Crippen LogP contribution < -0.4 is 5.73 Å². The molecule has 0 spiro atoms. The maximum Gasteiger partial charge on any atom is 0.293 e. The quantitative estimate of drug-likeness (QED) is 0.541. The van der Waals surface area contributed by atoms with E-state index in [1.54, 1.807) is 0 Å². The summed E-state index contributed by atoms with van der Waals surface area (Å²) in [6.45, 7) is 1.04. The van der Waals surface area contributed by atoms with Gasteiger partial charge < -0.3 is 10.5 Å². The first-order valence-corrected chi connectivity index (χ1v) is 3.13. The first kappa shape index (κ1) is 6.55. The lowest BCUT2D eigenvalue weighted by molar-refractivity contribution is -0.130. The Bertz CT molecular complexity index is 99.2. The lowest BCUT2D eigenvalue weighted by Gasteiger charge is -2.31. The largest absolute Gasteiger partial charge is 0.468 e. The van der Waals surface area contributed by atoms with E-state index >= 15 is 0 Å². The highest BCUT2D eigenvalue weighted by Gasteiger charge is 2.25. The molecule has 1 saturated carbocycles. The van der Waals surface area contributed by atoms with Crippen molar-refractivity contribution in [3.05, 3.63) is 0 Å². The van der Waals surface area contributed by atoms with Crippen LogP contribution in [0.5, 0.6) is 0 Å². The fourth-order valence-corrected chi connectivity index (χ4v) is 1.10. The van der Waals surface area contributed by atoms with E-state index in [9.17, 15) is 4.79 Å². The van der Waals surface area contributed by atoms with Gasteiger partial charge in [0.25, 0.3) is 6.47 Å². The van der Waals surface area contributed by atoms with Crippen LogP contribution in [0.4, 0.5) is 0 Å². The van der Waals surface area contributed by atoms with Crippen molar-refractivity contribution in [3.63, 3.8) is 0 Å². The average Bonchev–Trinajstić information content (AvgIpc) is 1.78. The van der Waals surface area contributed by atoms with Crippen molar-refractivity contribution in [1.29, 1.82) is 0 Å². The Morgan fingerprint density at radius 3 is 2.78 bits per heavy atom. The van der Waals surface area contributed by atoms with Crippen molar-refractivity contribution in [2.75, 3.05) is 6.61 Å². The fourth-order valence-electron chi connectivity index (χ4n) is 1.10. The predicted molar refractivity (Wildman–Crippen MR) is 32.7 cm³/mol. The van der Waals surface area contributed by atoms with Crippen molar-refractivity contribution < 1.29 is 9.53 Å². The number of carbonyl (C=O) groups excluding carboxylic acids is 1. The van der Waals surface area contributed by atoms with Gasteiger partial charge >= 0.3 is 0 Å². The average molecular weight is 129 g/mol. The van der Waals surface area contributed by atoms with Gasteiger partial charge in [0.1, 0.15) is 0 Å². The van der Waals surface area contributed by atoms with E-state index in [0.717, 1.165) is 12.8 Å². The molecule has 0 amide bonds. The molecule has 1 aliphatic carbocycles. The highest BCUT2D eigenvalue weighted by molar-refractivity contribution is 5.36. The Morgan fingerprint density at radius 2 is 2.33 bits per heavy atom. The Labute approximate surface area is 54.2 Å². The van der Waals surface area contributed by atoms with Crippen LogP contribution in [0.2, 0.25) is 0 Å². The molecule has 0 bridgehead atoms. The first-order valence-electron chi connectivity index (χ1n) is 3.13. The summed E-state index contributed by atoms with van der Waals surface area (Å²) in [6, 6.07) is 0.352. The summed E-state index contributed by atoms with van der Waals surface area (Å²) in [5.41, 5.74) is 5.50. The van der Waals surface area contributed by atoms with Gasteiger partial charge in [-0.3, -0.25) is 4.79 Å². The van der Waals surface area contributed by atoms with E-state index in [2.05, 4.69) is 4.74 Å². The Balaban J connectivity index is 1.97. The molecule has 1 fully saturated rings. The molecule has 1 rings (SSSR count). The second-order valence-corrected chi connectivity index (χ2v) is 2.53. The number of carbonyl (C=O) groups is 1. The van der Waals surface area contributed by atoms with E-state index in [-0.39, 0.29) is 0 Å². The van der Waals surface area contributed by atoms with E-state index in [1.165, 1.54) is 0 Å². The molecule has 0 aromatic rings. The van der Waals surface area contributed by atoms with Gasteiger partial charge in [0.05, 0.1) is 6.61 Å². The topological polar surface area (TPSA) is 52.3 Å². The molecule has 0 atom stereocenters. The number of ether oxygens (including phenoxy) is 1. The smallest absolute Gasteiger partial charge is 0.293 e. The Kier molecular flexibility index (Phi) is 2.05. The van der Waals surface area contributed by atoms with Gasteiger partial charge in [0.15, 0.2) is 0 Å². The summed E-state index contributed by atoms with van der Waals surface area (Å²) >= 11 is 0. The van der Waals surface area contributed by atoms with Gasteiger partial charge in [-0.2, -0.15) is 0 Å². The third kappa shape index (κ3) is 1.68. The summed E-state index contributed by atoms with van der Waals surface area (Å²) in [7, 11) is 0. The molecule has 0 aliphatic heterocycles. The molecule has 9 heavy (non-hydrogen) atoms. The Morgan fingerprint density at radius 1 is 1.67 bits per heavy atom. The van der Waals surface area contributed by atoms with Crippen molar-refractivity contribution in [2.45, 2.75) is 18.9 Å². The van der Waals surface area contributed by atoms with E-state index in [1.807, 2.05) is 0 Å². The second kappa shape index (κ2) is 2.82. The molecule has 0 saturated heterocycles. The SMILES string of the molecule is NC1CC(COC=O)C1. The lowest BCUT2D eigenvalue weighted by Crippen LogP contribution is -2.38. The van der Waals surface area contributed by atoms with Crippen molar-refractivity contribution in [3.8, 4) is 0 Å². The summed E-state index contributed by atoms with van der Waals surface area (Å²) in [5, 5.41) is 0. The van der Waals surface area contributed by atoms with E-state index < -0.39 is 0 Å². The minimum absolute atomic E-state index is 0.352. The molecule has 0 radical (unpaired) electrons. The van der Waals surface area contributed by atoms with Crippen LogP contribution in [0.25, 0.3) is 0 Å². The fraction of sp³-hybridized carbons (Fsp3) is 0.833. The van der Waals surface area contributed by atoms with Crippen LogP contribution in [-0.2, 0) is 9.53 Å². The van der Waals surface area contributed by atoms with Gasteiger partial charge in [-0.1, -0.05) is 0 Å². The predicted octanol–water partition coefficient (Wildman–Crippen LogP) is -0.103. The number of rotatable bonds is 3. The van der Waals surface area contributed by atoms with Crippen molar-refractivity contribution in [2.24, 2.45) is 11.7 Å². The summed E-state index contributed by atoms with van der Waals surface area (Å²) in [5.74, 6) is 0.533. The van der Waals surface area contributed by atoms with Crippen LogP contribution >= 0.6 is 0 Å². The number of nitrogens with two attached hydrogens (primary N) is 1. The first-order chi connectivity index (χ1) is 4.33. The second-order valence-electron chi connectivity index (χ2n) is 2.53. The standard InChI is InChI=1S/C6H11NO2/c7-6-1-5(2-6)3-9-4-8/h4-6H,1-3,7H2. The van der Waals surface area contributed by atoms with Crippen molar-refractivity contribution in [1.82, 2.24) is 0 Å². The van der Waals surface area contributed by atoms with Crippen LogP contribution in [0.1, 0.15) is 12.8 Å². The highest BCUT2D eigenvalue weighted by atomic mass is 16.5. The number of hydrogen-bond acceptors (Lipinski definition) is 3. The maximum absolute atomic E-state index is 9.68. The highest BCUT2D eigenvalue weighted by Crippen LogP contribution is 2.24. The molecule has 3 nitrogen and oxygen atoms in total. The van der Waals surface area contributed by atoms with Crippen LogP contribution in [0, 0.1) is 5.92 Å². The monoisotopic (exact) mass is 129 g/mol. The minimum atomic E-state index is 0.352. The molecular weight excluding hydrogens is 118 g/mol. The van der Waals surface area contributed by atoms with Gasteiger partial charge in [0.2, 0.25) is 0 Å². The van der Waals surface area contributed by atoms with Gasteiger partial charge in [-0.25, -0.2) is 0 Å². The van der Waals surface area contributed by atoms with Crippen LogP contribution in [0.15, 0.2) is 0 Å². The molecule has 52 valence electrons. The van der Waals surface area contributed by atoms with Gasteiger partial charge in [-0.15, -0.1) is 0 Å². The summed E-state index contributed by atoms with van der Waals surface area (Å²) < 4.78 is 4.55.